The van der Waals surface area contributed by atoms with Gasteiger partial charge in [-0.05, 0) is 25.0 Å². The van der Waals surface area contributed by atoms with Crippen molar-refractivity contribution in [3.05, 3.63) is 63.4 Å². The molecule has 2 rings (SSSR count). The van der Waals surface area contributed by atoms with E-state index >= 15 is 0 Å². The lowest BCUT2D eigenvalue weighted by molar-refractivity contribution is -0.402. The zero-order valence-electron chi connectivity index (χ0n) is 10.00. The second kappa shape index (κ2) is 5.01. The molecule has 0 radical (unpaired) electrons. The van der Waals surface area contributed by atoms with Crippen LogP contribution in [-0.4, -0.2) is 4.92 Å². The third kappa shape index (κ3) is 2.75. The summed E-state index contributed by atoms with van der Waals surface area (Å²) < 4.78 is 5.08. The van der Waals surface area contributed by atoms with Gasteiger partial charge in [0.2, 0.25) is 0 Å². The highest BCUT2D eigenvalue weighted by Crippen LogP contribution is 2.22. The van der Waals surface area contributed by atoms with Crippen LogP contribution in [0.3, 0.4) is 0 Å². The van der Waals surface area contributed by atoms with Gasteiger partial charge in [0.05, 0.1) is 12.1 Å². The highest BCUT2D eigenvalue weighted by molar-refractivity contribution is 5.25. The monoisotopic (exact) mass is 246 g/mol. The average molecular weight is 246 g/mol. The molecule has 5 heteroatoms. The Morgan fingerprint density at radius 3 is 2.50 bits per heavy atom. The van der Waals surface area contributed by atoms with Crippen LogP contribution in [0.1, 0.15) is 22.9 Å². The SMILES string of the molecule is Cc1ccc(CC(N)c2ccc([N+](=O)[O-])o2)cc1. The summed E-state index contributed by atoms with van der Waals surface area (Å²) in [4.78, 5) is 9.94. The van der Waals surface area contributed by atoms with Crippen LogP contribution in [0, 0.1) is 17.0 Å². The van der Waals surface area contributed by atoms with Crippen molar-refractivity contribution in [1.29, 1.82) is 0 Å². The molecule has 0 spiro atoms. The first-order chi connectivity index (χ1) is 8.56. The van der Waals surface area contributed by atoms with Crippen molar-refractivity contribution in [2.75, 3.05) is 0 Å². The van der Waals surface area contributed by atoms with E-state index in [2.05, 4.69) is 0 Å². The van der Waals surface area contributed by atoms with Crippen LogP contribution >= 0.6 is 0 Å². The average Bonchev–Trinajstić information content (AvgIpc) is 2.81. The van der Waals surface area contributed by atoms with Gasteiger partial charge in [-0.15, -0.1) is 0 Å². The second-order valence-electron chi connectivity index (χ2n) is 4.23. The Morgan fingerprint density at radius 2 is 1.94 bits per heavy atom. The van der Waals surface area contributed by atoms with E-state index < -0.39 is 4.92 Å². The van der Waals surface area contributed by atoms with Gasteiger partial charge < -0.3 is 10.2 Å². The van der Waals surface area contributed by atoms with Crippen LogP contribution in [0.15, 0.2) is 40.8 Å². The molecule has 0 aliphatic carbocycles. The van der Waals surface area contributed by atoms with Gasteiger partial charge in [0.1, 0.15) is 10.7 Å². The van der Waals surface area contributed by atoms with E-state index in [4.69, 9.17) is 10.2 Å². The van der Waals surface area contributed by atoms with Crippen molar-refractivity contribution >= 4 is 5.88 Å². The Kier molecular flexibility index (Phi) is 3.43. The Bertz CT molecular complexity index is 546. The Balaban J connectivity index is 2.09. The minimum Gasteiger partial charge on any atom is -0.404 e. The van der Waals surface area contributed by atoms with Crippen LogP contribution in [0.5, 0.6) is 0 Å². The largest absolute Gasteiger partial charge is 0.433 e. The molecular weight excluding hydrogens is 232 g/mol. The van der Waals surface area contributed by atoms with Crippen molar-refractivity contribution < 1.29 is 9.34 Å². The summed E-state index contributed by atoms with van der Waals surface area (Å²) in [7, 11) is 0. The van der Waals surface area contributed by atoms with E-state index in [-0.39, 0.29) is 11.9 Å². The zero-order valence-corrected chi connectivity index (χ0v) is 10.00. The van der Waals surface area contributed by atoms with E-state index in [9.17, 15) is 10.1 Å². The summed E-state index contributed by atoms with van der Waals surface area (Å²) in [6, 6.07) is 10.5. The normalized spacial score (nSPS) is 12.3. The molecule has 5 nitrogen and oxygen atoms in total. The van der Waals surface area contributed by atoms with Gasteiger partial charge >= 0.3 is 5.88 Å². The molecule has 0 aliphatic rings. The van der Waals surface area contributed by atoms with Crippen molar-refractivity contribution in [3.8, 4) is 0 Å². The number of furan rings is 1. The van der Waals surface area contributed by atoms with Gasteiger partial charge in [-0.1, -0.05) is 29.8 Å². The molecule has 0 bridgehead atoms. The molecule has 0 amide bonds. The Labute approximate surface area is 104 Å². The van der Waals surface area contributed by atoms with Crippen LogP contribution in [0.4, 0.5) is 5.88 Å². The molecule has 1 aromatic carbocycles. The fourth-order valence-electron chi connectivity index (χ4n) is 1.72. The fourth-order valence-corrected chi connectivity index (χ4v) is 1.72. The number of benzene rings is 1. The van der Waals surface area contributed by atoms with Crippen molar-refractivity contribution in [1.82, 2.24) is 0 Å². The number of nitrogens with zero attached hydrogens (tertiary/aromatic N) is 1. The maximum Gasteiger partial charge on any atom is 0.433 e. The lowest BCUT2D eigenvalue weighted by Gasteiger charge is -2.08. The molecule has 94 valence electrons. The molecule has 1 heterocycles. The predicted molar refractivity (Wildman–Crippen MR) is 67.2 cm³/mol. The molecule has 0 aliphatic heterocycles. The third-order valence-electron chi connectivity index (χ3n) is 2.73. The van der Waals surface area contributed by atoms with E-state index in [0.717, 1.165) is 5.56 Å². The van der Waals surface area contributed by atoms with Crippen LogP contribution < -0.4 is 5.73 Å². The summed E-state index contributed by atoms with van der Waals surface area (Å²) in [6.45, 7) is 2.01. The first kappa shape index (κ1) is 12.3. The van der Waals surface area contributed by atoms with Gasteiger partial charge in [-0.3, -0.25) is 10.1 Å². The van der Waals surface area contributed by atoms with Crippen molar-refractivity contribution in [2.45, 2.75) is 19.4 Å². The summed E-state index contributed by atoms with van der Waals surface area (Å²) in [5, 5.41) is 10.5. The summed E-state index contributed by atoms with van der Waals surface area (Å²) in [5.41, 5.74) is 8.22. The van der Waals surface area contributed by atoms with Crippen LogP contribution in [0.25, 0.3) is 0 Å². The number of nitrogens with two attached hydrogens (primary N) is 1. The van der Waals surface area contributed by atoms with Gasteiger partial charge in [-0.25, -0.2) is 0 Å². The quantitative estimate of drug-likeness (QED) is 0.664. The number of hydrogen-bond donors (Lipinski definition) is 1. The molecule has 18 heavy (non-hydrogen) atoms. The van der Waals surface area contributed by atoms with Gasteiger partial charge in [0.15, 0.2) is 0 Å². The number of nitro groups is 1. The first-order valence-corrected chi connectivity index (χ1v) is 5.61. The summed E-state index contributed by atoms with van der Waals surface area (Å²) in [5.74, 6) is 0.159. The molecule has 1 aromatic heterocycles. The minimum absolute atomic E-state index is 0.274. The highest BCUT2D eigenvalue weighted by atomic mass is 16.6. The molecule has 0 fully saturated rings. The molecule has 2 N–H and O–H groups in total. The third-order valence-corrected chi connectivity index (χ3v) is 2.73. The van der Waals surface area contributed by atoms with E-state index in [1.807, 2.05) is 31.2 Å². The molecule has 0 saturated heterocycles. The standard InChI is InChI=1S/C13H14N2O3/c1-9-2-4-10(5-3-9)8-11(14)12-6-7-13(18-12)15(16)17/h2-7,11H,8,14H2,1H3. The highest BCUT2D eigenvalue weighted by Gasteiger charge is 2.17. The predicted octanol–water partition coefficient (Wildman–Crippen LogP) is 2.74. The van der Waals surface area contributed by atoms with Crippen molar-refractivity contribution in [3.63, 3.8) is 0 Å². The minimum atomic E-state index is -0.567. The second-order valence-corrected chi connectivity index (χ2v) is 4.23. The van der Waals surface area contributed by atoms with E-state index in [1.165, 1.54) is 11.6 Å². The number of aryl methyl sites for hydroxylation is 1. The maximum atomic E-state index is 10.5. The van der Waals surface area contributed by atoms with Gasteiger partial charge in [0, 0.05) is 0 Å². The van der Waals surface area contributed by atoms with Crippen molar-refractivity contribution in [2.24, 2.45) is 5.73 Å². The smallest absolute Gasteiger partial charge is 0.404 e. The molecule has 1 unspecified atom stereocenters. The molecule has 1 atom stereocenters. The Morgan fingerprint density at radius 1 is 1.28 bits per heavy atom. The van der Waals surface area contributed by atoms with Crippen LogP contribution in [0.2, 0.25) is 0 Å². The number of rotatable bonds is 4. The molecule has 0 saturated carbocycles. The lowest BCUT2D eigenvalue weighted by atomic mass is 10.0. The van der Waals surface area contributed by atoms with E-state index in [1.54, 1.807) is 6.07 Å². The van der Waals surface area contributed by atoms with Gasteiger partial charge in [-0.2, -0.15) is 0 Å². The van der Waals surface area contributed by atoms with Crippen LogP contribution in [-0.2, 0) is 6.42 Å². The Hall–Kier alpha value is -2.14. The first-order valence-electron chi connectivity index (χ1n) is 5.61. The summed E-state index contributed by atoms with van der Waals surface area (Å²) >= 11 is 0. The van der Waals surface area contributed by atoms with Gasteiger partial charge in [0.25, 0.3) is 0 Å². The lowest BCUT2D eigenvalue weighted by Crippen LogP contribution is -2.12. The molecule has 2 aromatic rings. The zero-order chi connectivity index (χ0) is 13.1. The summed E-state index contributed by atoms with van der Waals surface area (Å²) in [6.07, 6.45) is 0.588. The van der Waals surface area contributed by atoms with E-state index in [0.29, 0.717) is 12.2 Å². The fraction of sp³-hybridized carbons (Fsp3) is 0.231. The maximum absolute atomic E-state index is 10.5. The topological polar surface area (TPSA) is 82.3 Å². The number of hydrogen-bond acceptors (Lipinski definition) is 4. The molecular formula is C13H14N2O3.